The van der Waals surface area contributed by atoms with Crippen LogP contribution in [0.3, 0.4) is 0 Å². The van der Waals surface area contributed by atoms with E-state index >= 15 is 0 Å². The number of amides is 2. The Labute approximate surface area is 166 Å². The predicted octanol–water partition coefficient (Wildman–Crippen LogP) is 2.37. The van der Waals surface area contributed by atoms with E-state index in [1.807, 2.05) is 6.07 Å². The molecule has 0 radical (unpaired) electrons. The van der Waals surface area contributed by atoms with E-state index in [4.69, 9.17) is 22.1 Å². The Kier molecular flexibility index (Phi) is 5.51. The molecule has 3 rings (SSSR count). The molecule has 0 saturated carbocycles. The average Bonchev–Trinajstić information content (AvgIpc) is 2.67. The minimum absolute atomic E-state index is 0.0183. The summed E-state index contributed by atoms with van der Waals surface area (Å²) in [6, 6.07) is 15.2. The summed E-state index contributed by atoms with van der Waals surface area (Å²) in [5.41, 5.74) is 1.06. The van der Waals surface area contributed by atoms with Crippen LogP contribution in [0.5, 0.6) is 5.75 Å². The van der Waals surface area contributed by atoms with Gasteiger partial charge in [0.15, 0.2) is 11.2 Å². The summed E-state index contributed by atoms with van der Waals surface area (Å²) in [7, 11) is 0. The Morgan fingerprint density at radius 1 is 1.14 bits per heavy atom. The van der Waals surface area contributed by atoms with Gasteiger partial charge < -0.3 is 9.84 Å². The smallest absolute Gasteiger partial charge is 0.344 e. The standard InChI is InChI=1S/C20H16N2O5S/c1-12(19(25)26)27-15-9-7-13(8-10-15)11-16-17(23)21-20(28)22(18(16)24)14-5-3-2-4-6-14/h2-12H,1H3,(H,25,26)(H,21,23,28). The van der Waals surface area contributed by atoms with Crippen LogP contribution in [0.15, 0.2) is 60.2 Å². The Bertz CT molecular complexity index is 970. The molecule has 1 fully saturated rings. The maximum absolute atomic E-state index is 12.9. The van der Waals surface area contributed by atoms with Crippen LogP contribution in [0.1, 0.15) is 12.5 Å². The summed E-state index contributed by atoms with van der Waals surface area (Å²) in [6.07, 6.45) is 0.454. The molecule has 1 heterocycles. The molecule has 8 heteroatoms. The number of ether oxygens (including phenoxy) is 1. The highest BCUT2D eigenvalue weighted by molar-refractivity contribution is 7.80. The third kappa shape index (κ3) is 4.07. The number of aliphatic carboxylic acids is 1. The second-order valence-electron chi connectivity index (χ2n) is 5.96. The van der Waals surface area contributed by atoms with E-state index in [2.05, 4.69) is 5.32 Å². The summed E-state index contributed by atoms with van der Waals surface area (Å²) in [6.45, 7) is 1.42. The fourth-order valence-electron chi connectivity index (χ4n) is 2.53. The van der Waals surface area contributed by atoms with Gasteiger partial charge in [-0.15, -0.1) is 0 Å². The van der Waals surface area contributed by atoms with Gasteiger partial charge in [0.25, 0.3) is 11.8 Å². The molecule has 0 aliphatic carbocycles. The number of anilines is 1. The van der Waals surface area contributed by atoms with E-state index in [1.54, 1.807) is 48.5 Å². The monoisotopic (exact) mass is 396 g/mol. The second kappa shape index (κ2) is 8.01. The van der Waals surface area contributed by atoms with Crippen LogP contribution < -0.4 is 15.0 Å². The number of nitrogens with zero attached hydrogens (tertiary/aromatic N) is 1. The van der Waals surface area contributed by atoms with Crippen molar-refractivity contribution in [1.82, 2.24) is 5.32 Å². The lowest BCUT2D eigenvalue weighted by atomic mass is 10.1. The van der Waals surface area contributed by atoms with Crippen molar-refractivity contribution in [3.8, 4) is 5.75 Å². The maximum Gasteiger partial charge on any atom is 0.344 e. The Balaban J connectivity index is 1.86. The molecule has 0 bridgehead atoms. The molecule has 2 N–H and O–H groups in total. The lowest BCUT2D eigenvalue weighted by Gasteiger charge is -2.28. The molecule has 7 nitrogen and oxygen atoms in total. The zero-order valence-corrected chi connectivity index (χ0v) is 15.6. The summed E-state index contributed by atoms with van der Waals surface area (Å²) in [5.74, 6) is -1.82. The minimum Gasteiger partial charge on any atom is -0.479 e. The second-order valence-corrected chi connectivity index (χ2v) is 6.35. The van der Waals surface area contributed by atoms with E-state index in [0.29, 0.717) is 17.0 Å². The lowest BCUT2D eigenvalue weighted by Crippen LogP contribution is -2.54. The van der Waals surface area contributed by atoms with Crippen LogP contribution in [-0.4, -0.2) is 34.1 Å². The molecule has 0 spiro atoms. The van der Waals surface area contributed by atoms with Crippen LogP contribution in [0, 0.1) is 0 Å². The van der Waals surface area contributed by atoms with Gasteiger partial charge in [0.2, 0.25) is 0 Å². The highest BCUT2D eigenvalue weighted by atomic mass is 32.1. The number of carbonyl (C=O) groups excluding carboxylic acids is 2. The lowest BCUT2D eigenvalue weighted by molar-refractivity contribution is -0.144. The van der Waals surface area contributed by atoms with E-state index in [0.717, 1.165) is 0 Å². The molecule has 1 atom stereocenters. The fourth-order valence-corrected chi connectivity index (χ4v) is 2.81. The summed E-state index contributed by atoms with van der Waals surface area (Å²) in [5, 5.41) is 11.4. The normalized spacial score (nSPS) is 16.7. The first-order chi connectivity index (χ1) is 13.4. The van der Waals surface area contributed by atoms with E-state index < -0.39 is 23.9 Å². The third-order valence-corrected chi connectivity index (χ3v) is 4.25. The van der Waals surface area contributed by atoms with Crippen molar-refractivity contribution < 1.29 is 24.2 Å². The molecular weight excluding hydrogens is 380 g/mol. The molecule has 142 valence electrons. The molecule has 1 aliphatic heterocycles. The van der Waals surface area contributed by atoms with Crippen molar-refractivity contribution in [2.75, 3.05) is 4.90 Å². The number of carboxylic acids is 1. The summed E-state index contributed by atoms with van der Waals surface area (Å²) < 4.78 is 5.26. The van der Waals surface area contributed by atoms with Gasteiger partial charge in [0.05, 0.1) is 5.69 Å². The van der Waals surface area contributed by atoms with E-state index in [1.165, 1.54) is 17.9 Å². The van der Waals surface area contributed by atoms with Crippen molar-refractivity contribution >= 4 is 46.9 Å². The summed E-state index contributed by atoms with van der Waals surface area (Å²) in [4.78, 5) is 37.2. The number of hydrogen-bond acceptors (Lipinski definition) is 5. The highest BCUT2D eigenvalue weighted by Crippen LogP contribution is 2.22. The van der Waals surface area contributed by atoms with Crippen LogP contribution >= 0.6 is 12.2 Å². The van der Waals surface area contributed by atoms with Crippen molar-refractivity contribution in [3.05, 3.63) is 65.7 Å². The van der Waals surface area contributed by atoms with Crippen LogP contribution in [-0.2, 0) is 14.4 Å². The molecule has 1 aliphatic rings. The number of benzene rings is 2. The van der Waals surface area contributed by atoms with Gasteiger partial charge in [-0.1, -0.05) is 30.3 Å². The zero-order valence-electron chi connectivity index (χ0n) is 14.8. The quantitative estimate of drug-likeness (QED) is 0.458. The van der Waals surface area contributed by atoms with Gasteiger partial charge in [-0.05, 0) is 55.0 Å². The molecule has 2 aromatic rings. The van der Waals surface area contributed by atoms with Crippen molar-refractivity contribution in [2.24, 2.45) is 0 Å². The van der Waals surface area contributed by atoms with Crippen LogP contribution in [0.2, 0.25) is 0 Å². The Morgan fingerprint density at radius 2 is 1.79 bits per heavy atom. The van der Waals surface area contributed by atoms with Crippen molar-refractivity contribution in [2.45, 2.75) is 13.0 Å². The molecule has 1 unspecified atom stereocenters. The summed E-state index contributed by atoms with van der Waals surface area (Å²) >= 11 is 5.14. The van der Waals surface area contributed by atoms with E-state index in [9.17, 15) is 14.4 Å². The Hall–Kier alpha value is -3.52. The topological polar surface area (TPSA) is 95.9 Å². The number of thiocarbonyl (C=S) groups is 1. The van der Waals surface area contributed by atoms with Gasteiger partial charge in [-0.2, -0.15) is 0 Å². The van der Waals surface area contributed by atoms with Gasteiger partial charge >= 0.3 is 5.97 Å². The highest BCUT2D eigenvalue weighted by Gasteiger charge is 2.34. The molecule has 0 aromatic heterocycles. The molecule has 2 aromatic carbocycles. The third-order valence-electron chi connectivity index (χ3n) is 3.97. The number of hydrogen-bond donors (Lipinski definition) is 2. The van der Waals surface area contributed by atoms with Crippen LogP contribution in [0.4, 0.5) is 5.69 Å². The van der Waals surface area contributed by atoms with Gasteiger partial charge in [0, 0.05) is 0 Å². The molecular formula is C20H16N2O5S. The van der Waals surface area contributed by atoms with Gasteiger partial charge in [-0.25, -0.2) is 4.79 Å². The van der Waals surface area contributed by atoms with Crippen LogP contribution in [0.25, 0.3) is 6.08 Å². The first kappa shape index (κ1) is 19.2. The maximum atomic E-state index is 12.9. The van der Waals surface area contributed by atoms with E-state index in [-0.39, 0.29) is 10.7 Å². The minimum atomic E-state index is -1.08. The first-order valence-corrected chi connectivity index (χ1v) is 8.73. The average molecular weight is 396 g/mol. The predicted molar refractivity (Wildman–Crippen MR) is 107 cm³/mol. The zero-order chi connectivity index (χ0) is 20.3. The largest absolute Gasteiger partial charge is 0.479 e. The van der Waals surface area contributed by atoms with Crippen molar-refractivity contribution in [1.29, 1.82) is 0 Å². The number of carbonyl (C=O) groups is 3. The number of nitrogens with one attached hydrogen (secondary N) is 1. The number of carboxylic acid groups (broad SMARTS) is 1. The SMILES string of the molecule is CC(Oc1ccc(C=C2C(=O)NC(=S)N(c3ccccc3)C2=O)cc1)C(=O)O. The van der Waals surface area contributed by atoms with Crippen molar-refractivity contribution in [3.63, 3.8) is 0 Å². The number of rotatable bonds is 5. The fraction of sp³-hybridized carbons (Fsp3) is 0.100. The van der Waals surface area contributed by atoms with Gasteiger partial charge in [0.1, 0.15) is 11.3 Å². The Morgan fingerprint density at radius 3 is 2.39 bits per heavy atom. The molecule has 2 amide bonds. The molecule has 28 heavy (non-hydrogen) atoms. The first-order valence-electron chi connectivity index (χ1n) is 8.33. The number of para-hydroxylation sites is 1. The molecule has 1 saturated heterocycles. The van der Waals surface area contributed by atoms with Gasteiger partial charge in [-0.3, -0.25) is 19.8 Å².